The number of nitrogens with zero attached hydrogens (tertiary/aromatic N) is 3. The second-order valence-electron chi connectivity index (χ2n) is 3.57. The van der Waals surface area contributed by atoms with Crippen LogP contribution >= 0.6 is 0 Å². The number of carbonyl (C=O) groups is 1. The summed E-state index contributed by atoms with van der Waals surface area (Å²) in [6.07, 6.45) is 4.34. The van der Waals surface area contributed by atoms with E-state index in [1.165, 1.54) is 0 Å². The van der Waals surface area contributed by atoms with Gasteiger partial charge in [-0.2, -0.15) is 0 Å². The molecule has 0 N–H and O–H groups in total. The number of hydrogen-bond donors (Lipinski definition) is 0. The normalized spacial score (nSPS) is 10.6. The maximum absolute atomic E-state index is 11.1. The highest BCUT2D eigenvalue weighted by Crippen LogP contribution is 2.06. The summed E-state index contributed by atoms with van der Waals surface area (Å²) in [4.78, 5) is 11.1. The van der Waals surface area contributed by atoms with Crippen molar-refractivity contribution in [1.82, 2.24) is 14.8 Å². The van der Waals surface area contributed by atoms with E-state index in [1.54, 1.807) is 19.2 Å². The summed E-state index contributed by atoms with van der Waals surface area (Å²) in [6.45, 7) is 4.00. The topological polar surface area (TPSA) is 60.9 Å². The maximum Gasteiger partial charge on any atom is 0.236 e. The molecule has 0 unspecified atom stereocenters. The van der Waals surface area contributed by atoms with Crippen molar-refractivity contribution in [2.75, 3.05) is 0 Å². The zero-order chi connectivity index (χ0) is 11.5. The van der Waals surface area contributed by atoms with Crippen LogP contribution in [0.2, 0.25) is 0 Å². The van der Waals surface area contributed by atoms with Gasteiger partial charge in [-0.05, 0) is 13.0 Å². The van der Waals surface area contributed by atoms with Crippen molar-refractivity contribution in [3.63, 3.8) is 0 Å². The van der Waals surface area contributed by atoms with Gasteiger partial charge in [0, 0.05) is 24.4 Å². The Balaban J connectivity index is 2.11. The van der Waals surface area contributed by atoms with Gasteiger partial charge in [0.05, 0.1) is 0 Å². The quantitative estimate of drug-likeness (QED) is 0.734. The highest BCUT2D eigenvalue weighted by Gasteiger charge is 2.06. The molecule has 0 atom stereocenters. The Kier molecular flexibility index (Phi) is 2.85. The second kappa shape index (κ2) is 4.30. The van der Waals surface area contributed by atoms with Crippen molar-refractivity contribution in [2.24, 2.45) is 0 Å². The zero-order valence-corrected chi connectivity index (χ0v) is 9.30. The summed E-state index contributed by atoms with van der Waals surface area (Å²) in [5.41, 5.74) is 0.690. The molecule has 84 valence electrons. The van der Waals surface area contributed by atoms with Gasteiger partial charge < -0.3 is 8.98 Å². The Hall–Kier alpha value is -1.91. The first-order valence-corrected chi connectivity index (χ1v) is 5.17. The third-order valence-electron chi connectivity index (χ3n) is 2.29. The van der Waals surface area contributed by atoms with Crippen molar-refractivity contribution in [1.29, 1.82) is 0 Å². The molecule has 0 aromatic carbocycles. The predicted octanol–water partition coefficient (Wildman–Crippen LogP) is 1.68. The fourth-order valence-corrected chi connectivity index (χ4v) is 1.40. The van der Waals surface area contributed by atoms with E-state index in [1.807, 2.05) is 17.7 Å². The van der Waals surface area contributed by atoms with Crippen LogP contribution in [-0.2, 0) is 13.0 Å². The molecule has 0 amide bonds. The van der Waals surface area contributed by atoms with Gasteiger partial charge >= 0.3 is 0 Å². The van der Waals surface area contributed by atoms with E-state index in [0.29, 0.717) is 23.9 Å². The van der Waals surface area contributed by atoms with Gasteiger partial charge in [-0.25, -0.2) is 0 Å². The van der Waals surface area contributed by atoms with Crippen LogP contribution in [0.5, 0.6) is 0 Å². The molecule has 16 heavy (non-hydrogen) atoms. The van der Waals surface area contributed by atoms with Crippen molar-refractivity contribution in [3.8, 4) is 0 Å². The van der Waals surface area contributed by atoms with Crippen LogP contribution in [0.1, 0.15) is 36.0 Å². The Morgan fingerprint density at radius 2 is 2.19 bits per heavy atom. The second-order valence-corrected chi connectivity index (χ2v) is 3.57. The van der Waals surface area contributed by atoms with Crippen LogP contribution in [0.3, 0.4) is 0 Å². The van der Waals surface area contributed by atoms with Gasteiger partial charge in [0.25, 0.3) is 0 Å². The van der Waals surface area contributed by atoms with Crippen molar-refractivity contribution in [3.05, 3.63) is 35.8 Å². The van der Waals surface area contributed by atoms with Gasteiger partial charge in [0.15, 0.2) is 5.78 Å². The lowest BCUT2D eigenvalue weighted by Crippen LogP contribution is -1.97. The molecule has 5 nitrogen and oxygen atoms in total. The number of carbonyl (C=O) groups excluding carboxylic acids is 1. The van der Waals surface area contributed by atoms with E-state index in [-0.39, 0.29) is 5.78 Å². The summed E-state index contributed by atoms with van der Waals surface area (Å²) in [5, 5.41) is 7.79. The third-order valence-corrected chi connectivity index (χ3v) is 2.29. The molecule has 0 saturated carbocycles. The average molecular weight is 219 g/mol. The van der Waals surface area contributed by atoms with Gasteiger partial charge in [0.1, 0.15) is 6.54 Å². The molecular formula is C11H13N3O2. The van der Waals surface area contributed by atoms with Gasteiger partial charge in [-0.15, -0.1) is 10.2 Å². The molecule has 0 spiro atoms. The lowest BCUT2D eigenvalue weighted by atomic mass is 10.2. The molecule has 0 saturated heterocycles. The van der Waals surface area contributed by atoms with Crippen molar-refractivity contribution >= 4 is 5.78 Å². The fourth-order valence-electron chi connectivity index (χ4n) is 1.40. The molecular weight excluding hydrogens is 206 g/mol. The molecule has 2 rings (SSSR count). The molecule has 0 aliphatic rings. The van der Waals surface area contributed by atoms with E-state index < -0.39 is 0 Å². The van der Waals surface area contributed by atoms with Gasteiger partial charge in [0.2, 0.25) is 11.8 Å². The first-order valence-electron chi connectivity index (χ1n) is 5.17. The minimum absolute atomic E-state index is 0.0542. The van der Waals surface area contributed by atoms with Crippen molar-refractivity contribution < 1.29 is 9.21 Å². The fraction of sp³-hybridized carbons (Fsp3) is 0.364. The number of aromatic nitrogens is 3. The SMILES string of the molecule is CCc1nnc(Cn2ccc(C(C)=O)c2)o1. The molecule has 0 fully saturated rings. The molecule has 0 aliphatic carbocycles. The maximum atomic E-state index is 11.1. The number of aryl methyl sites for hydroxylation is 1. The lowest BCUT2D eigenvalue weighted by Gasteiger charge is -1.96. The first kappa shape index (κ1) is 10.6. The predicted molar refractivity (Wildman–Crippen MR) is 57.2 cm³/mol. The summed E-state index contributed by atoms with van der Waals surface area (Å²) in [6, 6.07) is 1.78. The Morgan fingerprint density at radius 1 is 1.44 bits per heavy atom. The third kappa shape index (κ3) is 2.18. The van der Waals surface area contributed by atoms with Crippen LogP contribution in [0.4, 0.5) is 0 Å². The van der Waals surface area contributed by atoms with E-state index in [4.69, 9.17) is 4.42 Å². The van der Waals surface area contributed by atoms with E-state index in [2.05, 4.69) is 10.2 Å². The number of rotatable bonds is 4. The molecule has 2 aromatic heterocycles. The monoisotopic (exact) mass is 219 g/mol. The molecule has 2 aromatic rings. The minimum atomic E-state index is 0.0542. The Morgan fingerprint density at radius 3 is 2.75 bits per heavy atom. The summed E-state index contributed by atoms with van der Waals surface area (Å²) < 4.78 is 7.23. The summed E-state index contributed by atoms with van der Waals surface area (Å²) >= 11 is 0. The molecule has 0 aliphatic heterocycles. The van der Waals surface area contributed by atoms with Gasteiger partial charge in [-0.1, -0.05) is 6.92 Å². The van der Waals surface area contributed by atoms with E-state index in [9.17, 15) is 4.79 Å². The Labute approximate surface area is 93.1 Å². The first-order chi connectivity index (χ1) is 7.69. The summed E-state index contributed by atoms with van der Waals surface area (Å²) in [7, 11) is 0. The summed E-state index contributed by atoms with van der Waals surface area (Å²) in [5.74, 6) is 1.25. The van der Waals surface area contributed by atoms with E-state index in [0.717, 1.165) is 6.42 Å². The average Bonchev–Trinajstić information content (AvgIpc) is 2.87. The number of Topliss-reactive ketones (excluding diaryl/α,β-unsaturated/α-hetero) is 1. The smallest absolute Gasteiger partial charge is 0.236 e. The molecule has 0 bridgehead atoms. The Bertz CT molecular complexity index is 499. The van der Waals surface area contributed by atoms with Crippen LogP contribution in [0, 0.1) is 0 Å². The van der Waals surface area contributed by atoms with Crippen LogP contribution < -0.4 is 0 Å². The highest BCUT2D eigenvalue weighted by atomic mass is 16.4. The van der Waals surface area contributed by atoms with Crippen molar-refractivity contribution in [2.45, 2.75) is 26.8 Å². The van der Waals surface area contributed by atoms with E-state index >= 15 is 0 Å². The number of ketones is 1. The standard InChI is InChI=1S/C11H13N3O2/c1-3-10-12-13-11(16-10)7-14-5-4-9(6-14)8(2)15/h4-6H,3,7H2,1-2H3. The highest BCUT2D eigenvalue weighted by molar-refractivity contribution is 5.93. The van der Waals surface area contributed by atoms with Crippen LogP contribution in [0.25, 0.3) is 0 Å². The molecule has 5 heteroatoms. The minimum Gasteiger partial charge on any atom is -0.423 e. The number of hydrogen-bond acceptors (Lipinski definition) is 4. The molecule has 2 heterocycles. The molecule has 0 radical (unpaired) electrons. The van der Waals surface area contributed by atoms with Gasteiger partial charge in [-0.3, -0.25) is 4.79 Å². The van der Waals surface area contributed by atoms with Crippen LogP contribution in [0.15, 0.2) is 22.9 Å². The zero-order valence-electron chi connectivity index (χ0n) is 9.30. The largest absolute Gasteiger partial charge is 0.423 e. The van der Waals surface area contributed by atoms with Crippen LogP contribution in [-0.4, -0.2) is 20.5 Å². The lowest BCUT2D eigenvalue weighted by molar-refractivity contribution is 0.101.